The van der Waals surface area contributed by atoms with Gasteiger partial charge in [-0.3, -0.25) is 10.1 Å². The number of hydrogen-bond donors (Lipinski definition) is 1. The van der Waals surface area contributed by atoms with Crippen LogP contribution in [0.2, 0.25) is 5.02 Å². The smallest absolute Gasteiger partial charge is 0.241 e. The van der Waals surface area contributed by atoms with E-state index >= 15 is 0 Å². The Morgan fingerprint density at radius 1 is 1.43 bits per heavy atom. The van der Waals surface area contributed by atoms with E-state index in [1.807, 2.05) is 40.9 Å². The van der Waals surface area contributed by atoms with Crippen molar-refractivity contribution < 1.29 is 4.79 Å². The van der Waals surface area contributed by atoms with Crippen LogP contribution in [-0.2, 0) is 4.79 Å². The van der Waals surface area contributed by atoms with Crippen molar-refractivity contribution in [1.29, 1.82) is 0 Å². The summed E-state index contributed by atoms with van der Waals surface area (Å²) in [6.07, 6.45) is 4.96. The predicted molar refractivity (Wildman–Crippen MR) is 90.7 cm³/mol. The largest absolute Gasteiger partial charge is 0.322 e. The van der Waals surface area contributed by atoms with E-state index < -0.39 is 0 Å². The quantitative estimate of drug-likeness (QED) is 0.776. The Labute approximate surface area is 136 Å². The van der Waals surface area contributed by atoms with E-state index in [1.165, 1.54) is 0 Å². The molecule has 0 aliphatic carbocycles. The van der Waals surface area contributed by atoms with Gasteiger partial charge in [-0.05, 0) is 42.5 Å². The van der Waals surface area contributed by atoms with Crippen molar-refractivity contribution in [1.82, 2.24) is 10.2 Å². The lowest BCUT2D eigenvalue weighted by atomic mass is 10.1. The van der Waals surface area contributed by atoms with Crippen LogP contribution in [0.25, 0.3) is 0 Å². The van der Waals surface area contributed by atoms with Gasteiger partial charge in [-0.2, -0.15) is 11.8 Å². The third-order valence-electron chi connectivity index (χ3n) is 3.74. The van der Waals surface area contributed by atoms with Crippen molar-refractivity contribution in [2.45, 2.75) is 38.4 Å². The first-order valence-electron chi connectivity index (χ1n) is 7.48. The summed E-state index contributed by atoms with van der Waals surface area (Å²) in [5, 5.41) is 4.19. The Hall–Kier alpha value is -0.710. The van der Waals surface area contributed by atoms with Gasteiger partial charge in [0.15, 0.2) is 0 Å². The highest BCUT2D eigenvalue weighted by Gasteiger charge is 2.38. The average Bonchev–Trinajstić information content (AvgIpc) is 2.77. The predicted octanol–water partition coefficient (Wildman–Crippen LogP) is 3.69. The van der Waals surface area contributed by atoms with Gasteiger partial charge < -0.3 is 4.90 Å². The minimum absolute atomic E-state index is 0.0467. The molecule has 116 valence electrons. The molecule has 0 aromatic heterocycles. The molecule has 0 radical (unpaired) electrons. The normalized spacial score (nSPS) is 22.0. The number of nitrogens with zero attached hydrogens (tertiary/aromatic N) is 1. The van der Waals surface area contributed by atoms with Crippen LogP contribution in [0.1, 0.15) is 37.9 Å². The molecule has 1 fully saturated rings. The van der Waals surface area contributed by atoms with Crippen molar-refractivity contribution in [3.05, 3.63) is 34.9 Å². The lowest BCUT2D eigenvalue weighted by Crippen LogP contribution is -2.32. The first-order valence-corrected chi connectivity index (χ1v) is 9.25. The standard InChI is InChI=1S/C16H23ClN2OS/c1-3-6-14-16(20)19(9-5-10-21-2)15(18-14)12-7-4-8-13(17)11-12/h4,7-8,11,14-15,18H,3,5-6,9-10H2,1-2H3. The fourth-order valence-corrected chi connectivity index (χ4v) is 3.36. The second-order valence-electron chi connectivity index (χ2n) is 5.34. The zero-order valence-electron chi connectivity index (χ0n) is 12.6. The topological polar surface area (TPSA) is 32.3 Å². The number of amides is 1. The molecule has 1 saturated heterocycles. The summed E-state index contributed by atoms with van der Waals surface area (Å²) in [6.45, 7) is 2.91. The van der Waals surface area contributed by atoms with Crippen LogP contribution in [0.3, 0.4) is 0 Å². The highest BCUT2D eigenvalue weighted by Crippen LogP contribution is 2.28. The van der Waals surface area contributed by atoms with Crippen molar-refractivity contribution in [3.8, 4) is 0 Å². The summed E-state index contributed by atoms with van der Waals surface area (Å²) in [4.78, 5) is 14.6. The molecule has 1 amide bonds. The molecule has 5 heteroatoms. The number of hydrogen-bond acceptors (Lipinski definition) is 3. The highest BCUT2D eigenvalue weighted by molar-refractivity contribution is 7.98. The Morgan fingerprint density at radius 3 is 2.90 bits per heavy atom. The van der Waals surface area contributed by atoms with Gasteiger partial charge in [-0.1, -0.05) is 37.1 Å². The van der Waals surface area contributed by atoms with Gasteiger partial charge in [-0.25, -0.2) is 0 Å². The number of nitrogens with one attached hydrogen (secondary N) is 1. The maximum Gasteiger partial charge on any atom is 0.241 e. The number of rotatable bonds is 7. The van der Waals surface area contributed by atoms with E-state index in [2.05, 4.69) is 18.5 Å². The number of carbonyl (C=O) groups is 1. The third kappa shape index (κ3) is 4.15. The van der Waals surface area contributed by atoms with Gasteiger partial charge in [0.05, 0.1) is 6.04 Å². The van der Waals surface area contributed by atoms with E-state index in [0.717, 1.165) is 37.1 Å². The monoisotopic (exact) mass is 326 g/mol. The first kappa shape index (κ1) is 16.7. The van der Waals surface area contributed by atoms with Gasteiger partial charge in [0, 0.05) is 11.6 Å². The minimum atomic E-state index is -0.0618. The van der Waals surface area contributed by atoms with Crippen LogP contribution in [0.5, 0.6) is 0 Å². The molecule has 1 aliphatic heterocycles. The molecule has 1 heterocycles. The van der Waals surface area contributed by atoms with Gasteiger partial charge in [0.25, 0.3) is 0 Å². The van der Waals surface area contributed by atoms with E-state index in [-0.39, 0.29) is 18.1 Å². The van der Waals surface area contributed by atoms with Crippen molar-refractivity contribution in [3.63, 3.8) is 0 Å². The van der Waals surface area contributed by atoms with Gasteiger partial charge in [0.1, 0.15) is 6.17 Å². The lowest BCUT2D eigenvalue weighted by Gasteiger charge is -2.24. The summed E-state index contributed by atoms with van der Waals surface area (Å²) in [7, 11) is 0. The van der Waals surface area contributed by atoms with Crippen LogP contribution in [0.15, 0.2) is 24.3 Å². The van der Waals surface area contributed by atoms with Gasteiger partial charge >= 0.3 is 0 Å². The summed E-state index contributed by atoms with van der Waals surface area (Å²) in [5.74, 6) is 1.30. The molecule has 1 aliphatic rings. The van der Waals surface area contributed by atoms with Crippen LogP contribution in [0, 0.1) is 0 Å². The summed E-state index contributed by atoms with van der Waals surface area (Å²) in [5.41, 5.74) is 1.07. The van der Waals surface area contributed by atoms with E-state index in [9.17, 15) is 4.79 Å². The summed E-state index contributed by atoms with van der Waals surface area (Å²) in [6, 6.07) is 7.73. The molecule has 21 heavy (non-hydrogen) atoms. The van der Waals surface area contributed by atoms with Crippen molar-refractivity contribution >= 4 is 29.3 Å². The third-order valence-corrected chi connectivity index (χ3v) is 4.67. The molecule has 2 rings (SSSR count). The molecule has 0 bridgehead atoms. The Bertz CT molecular complexity index is 483. The van der Waals surface area contributed by atoms with Crippen LogP contribution < -0.4 is 5.32 Å². The maximum absolute atomic E-state index is 12.6. The zero-order chi connectivity index (χ0) is 15.2. The Balaban J connectivity index is 2.16. The van der Waals surface area contributed by atoms with E-state index in [1.54, 1.807) is 0 Å². The molecule has 0 saturated carbocycles. The molecule has 3 nitrogen and oxygen atoms in total. The number of benzene rings is 1. The molecule has 2 atom stereocenters. The Kier molecular flexibility index (Phi) is 6.40. The molecular weight excluding hydrogens is 304 g/mol. The minimum Gasteiger partial charge on any atom is -0.322 e. The second kappa shape index (κ2) is 8.06. The number of halogens is 1. The number of thioether (sulfide) groups is 1. The van der Waals surface area contributed by atoms with E-state index in [0.29, 0.717) is 5.02 Å². The highest BCUT2D eigenvalue weighted by atomic mass is 35.5. The first-order chi connectivity index (χ1) is 10.2. The van der Waals surface area contributed by atoms with Crippen molar-refractivity contribution in [2.24, 2.45) is 0 Å². The van der Waals surface area contributed by atoms with E-state index in [4.69, 9.17) is 11.6 Å². The second-order valence-corrected chi connectivity index (χ2v) is 6.77. The lowest BCUT2D eigenvalue weighted by molar-refractivity contribution is -0.130. The van der Waals surface area contributed by atoms with Crippen LogP contribution in [0.4, 0.5) is 0 Å². The number of carbonyl (C=O) groups excluding carboxylic acids is 1. The molecule has 1 N–H and O–H groups in total. The molecule has 2 unspecified atom stereocenters. The SMILES string of the molecule is CCCC1NC(c2cccc(Cl)c2)N(CCCSC)C1=O. The Morgan fingerprint density at radius 2 is 2.24 bits per heavy atom. The molecular formula is C16H23ClN2OS. The maximum atomic E-state index is 12.6. The molecule has 1 aromatic rings. The fourth-order valence-electron chi connectivity index (χ4n) is 2.75. The summed E-state index contributed by atoms with van der Waals surface area (Å²) >= 11 is 7.91. The van der Waals surface area contributed by atoms with Gasteiger partial charge in [0.2, 0.25) is 5.91 Å². The molecule has 0 spiro atoms. The summed E-state index contributed by atoms with van der Waals surface area (Å²) < 4.78 is 0. The van der Waals surface area contributed by atoms with Crippen LogP contribution in [-0.4, -0.2) is 35.4 Å². The van der Waals surface area contributed by atoms with Crippen LogP contribution >= 0.6 is 23.4 Å². The van der Waals surface area contributed by atoms with Gasteiger partial charge in [-0.15, -0.1) is 0 Å². The van der Waals surface area contributed by atoms with Crippen molar-refractivity contribution in [2.75, 3.05) is 18.6 Å². The molecule has 1 aromatic carbocycles. The average molecular weight is 327 g/mol. The fraction of sp³-hybridized carbons (Fsp3) is 0.562. The zero-order valence-corrected chi connectivity index (χ0v) is 14.2.